The highest BCUT2D eigenvalue weighted by Gasteiger charge is 2.39. The number of hydrogen-bond acceptors (Lipinski definition) is 3. The zero-order valence-corrected chi connectivity index (χ0v) is 16.4. The second-order valence-electron chi connectivity index (χ2n) is 7.16. The van der Waals surface area contributed by atoms with Crippen molar-refractivity contribution < 1.29 is 9.84 Å². The van der Waals surface area contributed by atoms with Crippen molar-refractivity contribution in [1.82, 2.24) is 4.90 Å². The van der Waals surface area contributed by atoms with Crippen LogP contribution in [0.1, 0.15) is 36.0 Å². The minimum Gasteiger partial charge on any atom is -0.384 e. The molecule has 1 aliphatic rings. The Labute approximate surface area is 161 Å². The van der Waals surface area contributed by atoms with Crippen LogP contribution in [0.15, 0.2) is 48.5 Å². The molecule has 0 aromatic heterocycles. The fraction of sp³-hybridized carbons (Fsp3) is 0.455. The van der Waals surface area contributed by atoms with Crippen LogP contribution in [0.4, 0.5) is 0 Å². The molecule has 1 heterocycles. The highest BCUT2D eigenvalue weighted by molar-refractivity contribution is 6.30. The minimum atomic E-state index is -0.931. The van der Waals surface area contributed by atoms with E-state index < -0.39 is 5.60 Å². The summed E-state index contributed by atoms with van der Waals surface area (Å²) in [6.45, 7) is 8.23. The summed E-state index contributed by atoms with van der Waals surface area (Å²) < 4.78 is 5.49. The van der Waals surface area contributed by atoms with Crippen molar-refractivity contribution in [2.24, 2.45) is 0 Å². The van der Waals surface area contributed by atoms with Crippen molar-refractivity contribution in [3.05, 3.63) is 70.2 Å². The van der Waals surface area contributed by atoms with E-state index in [4.69, 9.17) is 16.3 Å². The van der Waals surface area contributed by atoms with E-state index in [-0.39, 0.29) is 5.92 Å². The first kappa shape index (κ1) is 19.4. The summed E-state index contributed by atoms with van der Waals surface area (Å²) in [6.07, 6.45) is 0.647. The number of benzene rings is 2. The highest BCUT2D eigenvalue weighted by Crippen LogP contribution is 2.41. The number of hydrogen-bond donors (Lipinski definition) is 1. The first-order valence-corrected chi connectivity index (χ1v) is 9.76. The molecule has 0 unspecified atom stereocenters. The quantitative estimate of drug-likeness (QED) is 0.816. The molecule has 0 radical (unpaired) electrons. The Morgan fingerprint density at radius 3 is 2.27 bits per heavy atom. The van der Waals surface area contributed by atoms with Crippen LogP contribution in [0.25, 0.3) is 0 Å². The summed E-state index contributed by atoms with van der Waals surface area (Å²) in [5.41, 5.74) is 2.35. The maximum Gasteiger partial charge on any atom is 0.0974 e. The summed E-state index contributed by atoms with van der Waals surface area (Å²) >= 11 is 6.10. The summed E-state index contributed by atoms with van der Waals surface area (Å²) in [7, 11) is 0. The zero-order valence-electron chi connectivity index (χ0n) is 15.6. The van der Waals surface area contributed by atoms with Gasteiger partial charge in [-0.1, -0.05) is 60.5 Å². The van der Waals surface area contributed by atoms with Crippen LogP contribution >= 0.6 is 11.6 Å². The molecule has 0 spiro atoms. The van der Waals surface area contributed by atoms with E-state index in [9.17, 15) is 5.11 Å². The number of morpholine rings is 1. The van der Waals surface area contributed by atoms with Gasteiger partial charge in [-0.15, -0.1) is 0 Å². The van der Waals surface area contributed by atoms with Gasteiger partial charge in [0.15, 0.2) is 0 Å². The molecule has 140 valence electrons. The van der Waals surface area contributed by atoms with E-state index in [0.29, 0.717) is 11.4 Å². The molecule has 0 bridgehead atoms. The summed E-state index contributed by atoms with van der Waals surface area (Å²) in [5.74, 6) is -0.0365. The smallest absolute Gasteiger partial charge is 0.0974 e. The number of aryl methyl sites for hydroxylation is 1. The Morgan fingerprint density at radius 2 is 1.69 bits per heavy atom. The number of halogens is 1. The van der Waals surface area contributed by atoms with Crippen molar-refractivity contribution in [1.29, 1.82) is 0 Å². The third-order valence-electron chi connectivity index (χ3n) is 5.48. The first-order chi connectivity index (χ1) is 12.5. The van der Waals surface area contributed by atoms with Crippen LogP contribution in [0.2, 0.25) is 5.02 Å². The fourth-order valence-corrected chi connectivity index (χ4v) is 3.89. The molecule has 0 amide bonds. The molecule has 2 aromatic rings. The van der Waals surface area contributed by atoms with E-state index in [0.717, 1.165) is 44.0 Å². The van der Waals surface area contributed by atoms with Crippen LogP contribution in [0.5, 0.6) is 0 Å². The van der Waals surface area contributed by atoms with Crippen LogP contribution in [0.3, 0.4) is 0 Å². The van der Waals surface area contributed by atoms with Crippen molar-refractivity contribution in [3.8, 4) is 0 Å². The van der Waals surface area contributed by atoms with Gasteiger partial charge in [0.1, 0.15) is 0 Å². The Bertz CT molecular complexity index is 695. The maximum atomic E-state index is 11.8. The lowest BCUT2D eigenvalue weighted by molar-refractivity contribution is -0.0250. The number of aliphatic hydroxyl groups is 1. The van der Waals surface area contributed by atoms with Gasteiger partial charge < -0.3 is 9.84 Å². The molecule has 1 fully saturated rings. The van der Waals surface area contributed by atoms with E-state index >= 15 is 0 Å². The Kier molecular flexibility index (Phi) is 6.36. The standard InChI is InChI=1S/C22H28ClNO2/c1-3-22(25,19-8-4-17(2)5-9-19)21(16-24-12-14-26-15-13-24)18-6-10-20(23)11-7-18/h4-11,21,25H,3,12-16H2,1-2H3/t21-,22+/m0/s1. The van der Waals surface area contributed by atoms with Gasteiger partial charge in [-0.05, 0) is 36.6 Å². The van der Waals surface area contributed by atoms with Crippen molar-refractivity contribution >= 4 is 11.6 Å². The second kappa shape index (κ2) is 8.53. The van der Waals surface area contributed by atoms with Gasteiger partial charge in [0.2, 0.25) is 0 Å². The predicted octanol–water partition coefficient (Wildman–Crippen LogP) is 4.36. The monoisotopic (exact) mass is 373 g/mol. The second-order valence-corrected chi connectivity index (χ2v) is 7.60. The lowest BCUT2D eigenvalue weighted by atomic mass is 9.75. The van der Waals surface area contributed by atoms with E-state index in [1.165, 1.54) is 5.56 Å². The molecule has 4 heteroatoms. The molecular weight excluding hydrogens is 346 g/mol. The Balaban J connectivity index is 1.98. The van der Waals surface area contributed by atoms with Gasteiger partial charge >= 0.3 is 0 Å². The van der Waals surface area contributed by atoms with Crippen LogP contribution in [0, 0.1) is 6.92 Å². The molecule has 2 aromatic carbocycles. The number of rotatable bonds is 6. The topological polar surface area (TPSA) is 32.7 Å². The van der Waals surface area contributed by atoms with Gasteiger partial charge in [0, 0.05) is 30.6 Å². The lowest BCUT2D eigenvalue weighted by Crippen LogP contribution is -2.44. The molecule has 3 rings (SSSR count). The average molecular weight is 374 g/mol. The molecule has 1 saturated heterocycles. The summed E-state index contributed by atoms with van der Waals surface area (Å²) in [6, 6.07) is 16.2. The van der Waals surface area contributed by atoms with E-state index in [2.05, 4.69) is 43.0 Å². The van der Waals surface area contributed by atoms with Gasteiger partial charge in [-0.25, -0.2) is 0 Å². The van der Waals surface area contributed by atoms with Gasteiger partial charge in [-0.2, -0.15) is 0 Å². The molecule has 0 saturated carbocycles. The SMILES string of the molecule is CC[C@@](O)(c1ccc(C)cc1)[C@@H](CN1CCOCC1)c1ccc(Cl)cc1. The van der Waals surface area contributed by atoms with E-state index in [1.807, 2.05) is 24.3 Å². The Morgan fingerprint density at radius 1 is 1.08 bits per heavy atom. The van der Waals surface area contributed by atoms with Gasteiger partial charge in [0.05, 0.1) is 18.8 Å². The minimum absolute atomic E-state index is 0.0365. The predicted molar refractivity (Wildman–Crippen MR) is 107 cm³/mol. The summed E-state index contributed by atoms with van der Waals surface area (Å²) in [5, 5.41) is 12.5. The molecule has 1 N–H and O–H groups in total. The van der Waals surface area contributed by atoms with Crippen LogP contribution < -0.4 is 0 Å². The molecule has 1 aliphatic heterocycles. The maximum absolute atomic E-state index is 11.8. The third-order valence-corrected chi connectivity index (χ3v) is 5.74. The van der Waals surface area contributed by atoms with Crippen molar-refractivity contribution in [2.45, 2.75) is 31.8 Å². The average Bonchev–Trinajstić information content (AvgIpc) is 2.68. The van der Waals surface area contributed by atoms with Crippen molar-refractivity contribution in [2.75, 3.05) is 32.8 Å². The van der Waals surface area contributed by atoms with Gasteiger partial charge in [0.25, 0.3) is 0 Å². The molecule has 0 aliphatic carbocycles. The molecular formula is C22H28ClNO2. The largest absolute Gasteiger partial charge is 0.384 e. The summed E-state index contributed by atoms with van der Waals surface area (Å²) in [4.78, 5) is 2.39. The molecule has 3 nitrogen and oxygen atoms in total. The normalized spacial score (nSPS) is 19.1. The third kappa shape index (κ3) is 4.29. The van der Waals surface area contributed by atoms with Crippen LogP contribution in [-0.2, 0) is 10.3 Å². The van der Waals surface area contributed by atoms with Crippen LogP contribution in [-0.4, -0.2) is 42.9 Å². The molecule has 26 heavy (non-hydrogen) atoms. The fourth-order valence-electron chi connectivity index (χ4n) is 3.76. The number of ether oxygens (including phenoxy) is 1. The Hall–Kier alpha value is -1.39. The van der Waals surface area contributed by atoms with E-state index in [1.54, 1.807) is 0 Å². The zero-order chi connectivity index (χ0) is 18.6. The lowest BCUT2D eigenvalue weighted by Gasteiger charge is -2.40. The molecule has 2 atom stereocenters. The van der Waals surface area contributed by atoms with Gasteiger partial charge in [-0.3, -0.25) is 4.90 Å². The van der Waals surface area contributed by atoms with Crippen molar-refractivity contribution in [3.63, 3.8) is 0 Å². The first-order valence-electron chi connectivity index (χ1n) is 9.38. The highest BCUT2D eigenvalue weighted by atomic mass is 35.5. The number of nitrogens with zero attached hydrogens (tertiary/aromatic N) is 1.